The van der Waals surface area contributed by atoms with Crippen LogP contribution in [0.5, 0.6) is 0 Å². The SMILES string of the molecule is NC(=O)C12C(=O)COC1CCN2C(=O)C(Cc1ccc(Cl)cc1)[C](Cc1ccc(Cl)c(Cl)c1)C(=O)N1CCC2OCC(=O)C21. The summed E-state index contributed by atoms with van der Waals surface area (Å²) in [6.45, 7) is -0.149. The number of hydrogen-bond acceptors (Lipinski definition) is 7. The third kappa shape index (κ3) is 5.20. The highest BCUT2D eigenvalue weighted by molar-refractivity contribution is 6.42. The van der Waals surface area contributed by atoms with Crippen molar-refractivity contribution in [2.75, 3.05) is 26.3 Å². The van der Waals surface area contributed by atoms with Crippen LogP contribution in [0.1, 0.15) is 24.0 Å². The number of amides is 3. The Labute approximate surface area is 268 Å². The molecule has 0 bridgehead atoms. The standard InChI is InChI=1S/C31H29Cl3N3O7/c32-18-4-1-16(2-5-18)11-20(29(41)37-10-8-26-31(37,30(35)42)25(39)15-44-26)19(12-17-3-6-21(33)22(34)13-17)28(40)36-9-7-24-27(36)23(38)14-43-24/h1-6,13,20,24,26-27H,7-12,14-15H2,(H2,35,42). The lowest BCUT2D eigenvalue weighted by Gasteiger charge is -2.38. The first kappa shape index (κ1) is 31.0. The van der Waals surface area contributed by atoms with Gasteiger partial charge >= 0.3 is 0 Å². The van der Waals surface area contributed by atoms with Gasteiger partial charge in [-0.3, -0.25) is 24.0 Å². The van der Waals surface area contributed by atoms with Crippen molar-refractivity contribution in [3.8, 4) is 0 Å². The minimum atomic E-state index is -1.97. The molecule has 2 N–H and O–H groups in total. The van der Waals surface area contributed by atoms with E-state index in [9.17, 15) is 24.0 Å². The zero-order chi connectivity index (χ0) is 31.3. The highest BCUT2D eigenvalue weighted by Crippen LogP contribution is 2.41. The minimum absolute atomic E-state index is 0.0199. The number of halogens is 3. The number of fused-ring (bicyclic) bond motifs is 2. The number of nitrogens with zero attached hydrogens (tertiary/aromatic N) is 2. The summed E-state index contributed by atoms with van der Waals surface area (Å²) in [6.07, 6.45) is -0.582. The van der Waals surface area contributed by atoms with Crippen LogP contribution in [0.25, 0.3) is 0 Å². The summed E-state index contributed by atoms with van der Waals surface area (Å²) in [5.74, 6) is -3.88. The topological polar surface area (TPSA) is 136 Å². The summed E-state index contributed by atoms with van der Waals surface area (Å²) in [7, 11) is 0. The molecule has 10 nitrogen and oxygen atoms in total. The molecule has 4 saturated heterocycles. The van der Waals surface area contributed by atoms with Crippen LogP contribution in [0, 0.1) is 11.8 Å². The number of hydrogen-bond donors (Lipinski definition) is 1. The summed E-state index contributed by atoms with van der Waals surface area (Å²) < 4.78 is 11.2. The molecule has 1 radical (unpaired) electrons. The normalized spacial score (nSPS) is 26.8. The van der Waals surface area contributed by atoms with Crippen molar-refractivity contribution in [1.29, 1.82) is 0 Å². The van der Waals surface area contributed by atoms with Crippen molar-refractivity contribution in [3.63, 3.8) is 0 Å². The first-order valence-electron chi connectivity index (χ1n) is 14.3. The summed E-state index contributed by atoms with van der Waals surface area (Å²) in [4.78, 5) is 70.9. The molecule has 2 aromatic carbocycles. The van der Waals surface area contributed by atoms with Crippen LogP contribution in [0.4, 0.5) is 0 Å². The van der Waals surface area contributed by atoms with Crippen LogP contribution in [-0.4, -0.2) is 89.2 Å². The molecule has 4 aliphatic heterocycles. The number of rotatable bonds is 8. The van der Waals surface area contributed by atoms with E-state index in [1.165, 1.54) is 9.80 Å². The summed E-state index contributed by atoms with van der Waals surface area (Å²) in [6, 6.07) is 11.0. The molecular formula is C31H29Cl3N3O7. The minimum Gasteiger partial charge on any atom is -0.368 e. The third-order valence-electron chi connectivity index (χ3n) is 9.09. The number of Topliss-reactive ketones (excluding diaryl/α,β-unsaturated/α-hetero) is 2. The van der Waals surface area contributed by atoms with Crippen molar-refractivity contribution in [3.05, 3.63) is 74.6 Å². The van der Waals surface area contributed by atoms with E-state index in [0.717, 1.165) is 0 Å². The molecule has 4 fully saturated rings. The van der Waals surface area contributed by atoms with Gasteiger partial charge in [-0.1, -0.05) is 53.0 Å². The lowest BCUT2D eigenvalue weighted by molar-refractivity contribution is -0.153. The van der Waals surface area contributed by atoms with Crippen LogP contribution < -0.4 is 5.73 Å². The van der Waals surface area contributed by atoms with Crippen LogP contribution in [0.3, 0.4) is 0 Å². The Morgan fingerprint density at radius 3 is 2.36 bits per heavy atom. The summed E-state index contributed by atoms with van der Waals surface area (Å²) in [5.41, 5.74) is 5.13. The van der Waals surface area contributed by atoms with Gasteiger partial charge in [0, 0.05) is 18.1 Å². The molecular weight excluding hydrogens is 633 g/mol. The molecule has 0 spiro atoms. The molecule has 231 valence electrons. The zero-order valence-corrected chi connectivity index (χ0v) is 25.7. The molecule has 6 rings (SSSR count). The lowest BCUT2D eigenvalue weighted by Crippen LogP contribution is -2.65. The molecule has 0 saturated carbocycles. The maximum atomic E-state index is 14.7. The van der Waals surface area contributed by atoms with E-state index in [1.54, 1.807) is 42.5 Å². The van der Waals surface area contributed by atoms with Crippen molar-refractivity contribution < 1.29 is 33.4 Å². The van der Waals surface area contributed by atoms with Gasteiger partial charge in [0.15, 0.2) is 11.6 Å². The molecule has 4 aliphatic rings. The van der Waals surface area contributed by atoms with Gasteiger partial charge < -0.3 is 25.0 Å². The van der Waals surface area contributed by atoms with E-state index >= 15 is 0 Å². The number of primary amides is 1. The molecule has 5 atom stereocenters. The highest BCUT2D eigenvalue weighted by atomic mass is 35.5. The van der Waals surface area contributed by atoms with Gasteiger partial charge in [0.05, 0.1) is 34.1 Å². The predicted molar refractivity (Wildman–Crippen MR) is 160 cm³/mol. The van der Waals surface area contributed by atoms with Gasteiger partial charge in [-0.2, -0.15) is 0 Å². The monoisotopic (exact) mass is 660 g/mol. The largest absolute Gasteiger partial charge is 0.368 e. The zero-order valence-electron chi connectivity index (χ0n) is 23.5. The van der Waals surface area contributed by atoms with Crippen molar-refractivity contribution in [1.82, 2.24) is 9.80 Å². The van der Waals surface area contributed by atoms with Gasteiger partial charge in [-0.15, -0.1) is 0 Å². The fraction of sp³-hybridized carbons (Fsp3) is 0.419. The number of ketones is 2. The average Bonchev–Trinajstić information content (AvgIpc) is 3.76. The summed E-state index contributed by atoms with van der Waals surface area (Å²) >= 11 is 18.6. The lowest BCUT2D eigenvalue weighted by atomic mass is 9.79. The number of carbonyl (C=O) groups excluding carboxylic acids is 5. The van der Waals surface area contributed by atoms with Crippen LogP contribution >= 0.6 is 34.8 Å². The second-order valence-electron chi connectivity index (χ2n) is 11.5. The van der Waals surface area contributed by atoms with E-state index in [-0.39, 0.29) is 62.3 Å². The molecule has 13 heteroatoms. The van der Waals surface area contributed by atoms with Crippen LogP contribution in [-0.2, 0) is 46.3 Å². The fourth-order valence-electron chi connectivity index (χ4n) is 6.97. The first-order chi connectivity index (χ1) is 21.0. The Balaban J connectivity index is 1.44. The van der Waals surface area contributed by atoms with Gasteiger partial charge in [-0.25, -0.2) is 0 Å². The van der Waals surface area contributed by atoms with E-state index < -0.39 is 53.2 Å². The predicted octanol–water partition coefficient (Wildman–Crippen LogP) is 2.62. The maximum absolute atomic E-state index is 14.7. The third-order valence-corrected chi connectivity index (χ3v) is 10.1. The summed E-state index contributed by atoms with van der Waals surface area (Å²) in [5, 5.41) is 1.07. The molecule has 0 aliphatic carbocycles. The maximum Gasteiger partial charge on any atom is 0.254 e. The van der Waals surface area contributed by atoms with Crippen molar-refractivity contribution >= 4 is 64.1 Å². The van der Waals surface area contributed by atoms with Gasteiger partial charge in [-0.05, 0) is 61.1 Å². The molecule has 3 amide bonds. The number of likely N-dealkylation sites (tertiary alicyclic amines) is 2. The number of carbonyl (C=O) groups is 5. The van der Waals surface area contributed by atoms with Gasteiger partial charge in [0.2, 0.25) is 17.4 Å². The van der Waals surface area contributed by atoms with Gasteiger partial charge in [0.1, 0.15) is 19.3 Å². The molecule has 0 aromatic heterocycles. The molecule has 2 aromatic rings. The average molecular weight is 662 g/mol. The Hall–Kier alpha value is -3.02. The van der Waals surface area contributed by atoms with Crippen LogP contribution in [0.15, 0.2) is 42.5 Å². The van der Waals surface area contributed by atoms with E-state index in [1.807, 2.05) is 0 Å². The Morgan fingerprint density at radius 2 is 1.66 bits per heavy atom. The number of ether oxygens (including phenoxy) is 2. The van der Waals surface area contributed by atoms with Crippen molar-refractivity contribution in [2.24, 2.45) is 11.7 Å². The smallest absolute Gasteiger partial charge is 0.254 e. The van der Waals surface area contributed by atoms with E-state index in [2.05, 4.69) is 0 Å². The van der Waals surface area contributed by atoms with E-state index in [0.29, 0.717) is 27.6 Å². The molecule has 44 heavy (non-hydrogen) atoms. The second-order valence-corrected chi connectivity index (χ2v) is 12.8. The number of nitrogens with two attached hydrogens (primary N) is 1. The highest BCUT2D eigenvalue weighted by Gasteiger charge is 2.65. The second kappa shape index (κ2) is 12.1. The quantitative estimate of drug-likeness (QED) is 0.430. The molecule has 5 unspecified atom stereocenters. The Kier molecular flexibility index (Phi) is 8.49. The first-order valence-corrected chi connectivity index (χ1v) is 15.4. The van der Waals surface area contributed by atoms with E-state index in [4.69, 9.17) is 50.0 Å². The van der Waals surface area contributed by atoms with Crippen molar-refractivity contribution in [2.45, 2.75) is 49.5 Å². The van der Waals surface area contributed by atoms with Gasteiger partial charge in [0.25, 0.3) is 5.91 Å². The Morgan fingerprint density at radius 1 is 0.932 bits per heavy atom. The number of benzene rings is 2. The fourth-order valence-corrected chi connectivity index (χ4v) is 7.41. The van der Waals surface area contributed by atoms with Crippen LogP contribution in [0.2, 0.25) is 15.1 Å². The molecule has 4 heterocycles. The Bertz CT molecular complexity index is 1540.